The monoisotopic (exact) mass is 807 g/mol. The Morgan fingerprint density at radius 3 is 1.93 bits per heavy atom. The van der Waals surface area contributed by atoms with Crippen molar-refractivity contribution in [1.82, 2.24) is 0 Å². The molecule has 0 amide bonds. The first-order chi connectivity index (χ1) is 27.0. The Bertz CT molecular complexity index is 1290. The van der Waals surface area contributed by atoms with Crippen LogP contribution in [0.2, 0.25) is 0 Å². The summed E-state index contributed by atoms with van der Waals surface area (Å²) in [6, 6.07) is 0. The molecule has 12 nitrogen and oxygen atoms in total. The molecule has 0 saturated carbocycles. The van der Waals surface area contributed by atoms with E-state index in [1.807, 2.05) is 0 Å². The van der Waals surface area contributed by atoms with Gasteiger partial charge in [-0.25, -0.2) is 4.57 Å². The van der Waals surface area contributed by atoms with Gasteiger partial charge in [0.15, 0.2) is 6.10 Å². The summed E-state index contributed by atoms with van der Waals surface area (Å²) in [7, 11) is -4.48. The number of hydrogen-bond acceptors (Lipinski definition) is 11. The summed E-state index contributed by atoms with van der Waals surface area (Å²) in [5.41, 5.74) is 5.31. The lowest BCUT2D eigenvalue weighted by Crippen LogP contribution is -2.30. The predicted octanol–water partition coefficient (Wildman–Crippen LogP) is 7.96. The molecule has 0 heterocycles. The smallest absolute Gasteiger partial charge is 0.462 e. The number of hydrogen-bond donors (Lipinski definition) is 5. The summed E-state index contributed by atoms with van der Waals surface area (Å²) < 4.78 is 32.4. The van der Waals surface area contributed by atoms with Crippen LogP contribution in [0.3, 0.4) is 0 Å². The number of carbonyl (C=O) groups is 2. The molecular weight excluding hydrogens is 737 g/mol. The molecule has 13 heteroatoms. The summed E-state index contributed by atoms with van der Waals surface area (Å²) in [4.78, 5) is 34.8. The van der Waals surface area contributed by atoms with Crippen molar-refractivity contribution in [2.75, 3.05) is 26.4 Å². The summed E-state index contributed by atoms with van der Waals surface area (Å²) in [6.07, 6.45) is 36.7. The second-order valence-corrected chi connectivity index (χ2v) is 14.4. The van der Waals surface area contributed by atoms with Gasteiger partial charge in [-0.15, -0.1) is 0 Å². The van der Waals surface area contributed by atoms with Gasteiger partial charge in [-0.05, 0) is 64.2 Å². The van der Waals surface area contributed by atoms with Crippen LogP contribution in [0.5, 0.6) is 0 Å². The van der Waals surface area contributed by atoms with Gasteiger partial charge in [-0.3, -0.25) is 18.6 Å². The third kappa shape index (κ3) is 35.2. The third-order valence-electron chi connectivity index (χ3n) is 7.82. The number of phosphoric acid groups is 1. The van der Waals surface area contributed by atoms with Crippen molar-refractivity contribution in [2.24, 2.45) is 5.73 Å². The molecular formula is C43H70NO11P. The van der Waals surface area contributed by atoms with Crippen LogP contribution < -0.4 is 5.73 Å². The molecule has 0 aromatic heterocycles. The Labute approximate surface area is 335 Å². The average Bonchev–Trinajstić information content (AvgIpc) is 3.17. The number of unbranched alkanes of at least 4 members (excludes halogenated alkanes) is 4. The lowest BCUT2D eigenvalue weighted by atomic mass is 10.1. The van der Waals surface area contributed by atoms with Gasteiger partial charge < -0.3 is 35.4 Å². The lowest BCUT2D eigenvalue weighted by Gasteiger charge is -2.20. The van der Waals surface area contributed by atoms with Crippen molar-refractivity contribution < 1.29 is 52.9 Å². The van der Waals surface area contributed by atoms with Crippen LogP contribution in [0.1, 0.15) is 110 Å². The van der Waals surface area contributed by atoms with Gasteiger partial charge in [0.05, 0.1) is 31.5 Å². The molecule has 6 N–H and O–H groups in total. The number of phosphoric ester groups is 1. The van der Waals surface area contributed by atoms with Crippen LogP contribution in [0, 0.1) is 0 Å². The van der Waals surface area contributed by atoms with Crippen molar-refractivity contribution in [2.45, 2.75) is 135 Å². The molecule has 0 radical (unpaired) electrons. The minimum Gasteiger partial charge on any atom is -0.462 e. The summed E-state index contributed by atoms with van der Waals surface area (Å²) in [5, 5.41) is 30.4. The number of esters is 2. The zero-order chi connectivity index (χ0) is 41.5. The van der Waals surface area contributed by atoms with Crippen molar-refractivity contribution >= 4 is 19.8 Å². The number of carbonyl (C=O) groups excluding carboxylic acids is 2. The van der Waals surface area contributed by atoms with Crippen molar-refractivity contribution in [1.29, 1.82) is 0 Å². The zero-order valence-electron chi connectivity index (χ0n) is 33.7. The average molecular weight is 808 g/mol. The van der Waals surface area contributed by atoms with Gasteiger partial charge in [-0.1, -0.05) is 130 Å². The molecule has 5 atom stereocenters. The van der Waals surface area contributed by atoms with E-state index >= 15 is 0 Å². The largest absolute Gasteiger partial charge is 0.472 e. The molecule has 0 bridgehead atoms. The summed E-state index contributed by atoms with van der Waals surface area (Å²) in [6.45, 7) is 3.02. The van der Waals surface area contributed by atoms with Gasteiger partial charge in [0.1, 0.15) is 6.61 Å². The molecule has 0 aliphatic heterocycles. The van der Waals surface area contributed by atoms with E-state index in [0.717, 1.165) is 64.2 Å². The number of aliphatic hydroxyl groups excluding tert-OH is 3. The molecule has 0 rings (SSSR count). The molecule has 0 saturated heterocycles. The molecule has 56 heavy (non-hydrogen) atoms. The van der Waals surface area contributed by atoms with Crippen molar-refractivity contribution in [3.63, 3.8) is 0 Å². The molecule has 318 valence electrons. The Kier molecular flexibility index (Phi) is 35.3. The number of aliphatic hydroxyl groups is 3. The normalized spacial score (nSPS) is 16.1. The van der Waals surface area contributed by atoms with Crippen LogP contribution in [-0.2, 0) is 32.7 Å². The Morgan fingerprint density at radius 2 is 1.29 bits per heavy atom. The first kappa shape index (κ1) is 52.8. The maximum atomic E-state index is 12.5. The highest BCUT2D eigenvalue weighted by atomic mass is 31.2. The van der Waals surface area contributed by atoms with E-state index in [4.69, 9.17) is 24.3 Å². The minimum absolute atomic E-state index is 0.00799. The SMILES string of the molecule is CC/C=C\C/C=C\C/C=C\C/C=C\CCCCC(=O)O[C@H](COC(=O)CCC[C@@H](O)[C@H](O)/C=C/C=C/C=C\C=C\[C@H](O)CCCCC)COP(=O)(O)OCCN. The maximum Gasteiger partial charge on any atom is 0.472 e. The molecule has 0 aliphatic carbocycles. The number of allylic oxidation sites excluding steroid dienone is 14. The summed E-state index contributed by atoms with van der Waals surface area (Å²) in [5.74, 6) is -1.22. The summed E-state index contributed by atoms with van der Waals surface area (Å²) >= 11 is 0. The van der Waals surface area contributed by atoms with Gasteiger partial charge in [0.2, 0.25) is 0 Å². The van der Waals surface area contributed by atoms with Gasteiger partial charge in [0, 0.05) is 19.4 Å². The first-order valence-corrected chi connectivity index (χ1v) is 21.5. The molecule has 0 aromatic rings. The van der Waals surface area contributed by atoms with Gasteiger partial charge in [0.25, 0.3) is 0 Å². The highest BCUT2D eigenvalue weighted by Gasteiger charge is 2.26. The van der Waals surface area contributed by atoms with E-state index in [-0.39, 0.29) is 38.8 Å². The van der Waals surface area contributed by atoms with E-state index in [0.29, 0.717) is 6.42 Å². The molecule has 0 spiro atoms. The van der Waals surface area contributed by atoms with Crippen LogP contribution in [-0.4, -0.2) is 82.9 Å². The molecule has 0 aliphatic rings. The minimum atomic E-state index is -4.48. The van der Waals surface area contributed by atoms with Crippen molar-refractivity contribution in [3.8, 4) is 0 Å². The topological polar surface area (TPSA) is 195 Å². The van der Waals surface area contributed by atoms with E-state index in [1.165, 1.54) is 6.08 Å². The Balaban J connectivity index is 4.63. The van der Waals surface area contributed by atoms with E-state index < -0.39 is 57.4 Å². The van der Waals surface area contributed by atoms with E-state index in [2.05, 4.69) is 62.5 Å². The van der Waals surface area contributed by atoms with E-state index in [9.17, 15) is 34.4 Å². The maximum absolute atomic E-state index is 12.5. The van der Waals surface area contributed by atoms with Crippen LogP contribution >= 0.6 is 7.82 Å². The fourth-order valence-corrected chi connectivity index (χ4v) is 5.48. The Morgan fingerprint density at radius 1 is 0.679 bits per heavy atom. The van der Waals surface area contributed by atoms with Crippen molar-refractivity contribution in [3.05, 3.63) is 97.2 Å². The standard InChI is InChI=1S/C43H70NO11P/c1-3-5-7-8-9-10-11-12-13-14-15-16-17-22-26-32-43(49)55-39(37-54-56(50,51)53-35-34-44)36-52-42(48)33-27-31-41(47)40(46)30-25-21-19-18-20-24-29-38(45)28-23-6-4-2/h5,7,9-10,12-13,15-16,18-21,24-25,29-30,38-41,45-47H,3-4,6,8,11,14,17,22-23,26-28,31-37,44H2,1-2H3,(H,50,51)/b7-5-,10-9-,13-12-,16-15-,20-18-,21-19+,29-24+,30-25+/t38-,39-,40-,41-/m1/s1. The second kappa shape index (κ2) is 37.4. The molecule has 1 unspecified atom stereocenters. The molecule has 0 fully saturated rings. The van der Waals surface area contributed by atoms with Crippen LogP contribution in [0.4, 0.5) is 0 Å². The second-order valence-electron chi connectivity index (χ2n) is 13.0. The van der Waals surface area contributed by atoms with E-state index in [1.54, 1.807) is 42.5 Å². The van der Waals surface area contributed by atoms with Gasteiger partial charge in [-0.2, -0.15) is 0 Å². The molecule has 0 aromatic carbocycles. The van der Waals surface area contributed by atoms with Crippen LogP contribution in [0.15, 0.2) is 97.2 Å². The van der Waals surface area contributed by atoms with Gasteiger partial charge >= 0.3 is 19.8 Å². The third-order valence-corrected chi connectivity index (χ3v) is 8.80. The zero-order valence-corrected chi connectivity index (χ0v) is 34.5. The number of nitrogens with two attached hydrogens (primary N) is 1. The highest BCUT2D eigenvalue weighted by molar-refractivity contribution is 7.47. The highest BCUT2D eigenvalue weighted by Crippen LogP contribution is 2.43. The fraction of sp³-hybridized carbons (Fsp3) is 0.581. The quantitative estimate of drug-likeness (QED) is 0.0137. The van der Waals surface area contributed by atoms with Crippen LogP contribution in [0.25, 0.3) is 0 Å². The lowest BCUT2D eigenvalue weighted by molar-refractivity contribution is -0.161. The number of ether oxygens (including phenoxy) is 2. The first-order valence-electron chi connectivity index (χ1n) is 20.0. The number of rotatable bonds is 35. The fourth-order valence-electron chi connectivity index (χ4n) is 4.71. The Hall–Kier alpha value is -3.19. The predicted molar refractivity (Wildman–Crippen MR) is 223 cm³/mol.